The Morgan fingerprint density at radius 3 is 1.81 bits per heavy atom. The molecule has 0 spiro atoms. The van der Waals surface area contributed by atoms with E-state index in [1.165, 1.54) is 17.2 Å². The summed E-state index contributed by atoms with van der Waals surface area (Å²) in [6, 6.07) is 10.3. The lowest BCUT2D eigenvalue weighted by Gasteiger charge is -2.37. The van der Waals surface area contributed by atoms with Crippen molar-refractivity contribution in [2.75, 3.05) is 0 Å². The highest BCUT2D eigenvalue weighted by atomic mass is 79.9. The molecule has 0 aliphatic rings. The molecule has 0 radical (unpaired) electrons. The monoisotopic (exact) mass is 298 g/mol. The van der Waals surface area contributed by atoms with E-state index in [2.05, 4.69) is 74.1 Å². The summed E-state index contributed by atoms with van der Waals surface area (Å²) < 4.78 is 0. The molecular formula is C14H23BrSi. The molecule has 0 aliphatic carbocycles. The molecule has 0 aromatic heterocycles. The predicted molar refractivity (Wildman–Crippen MR) is 80.0 cm³/mol. The van der Waals surface area contributed by atoms with Gasteiger partial charge in [-0.15, -0.1) is 0 Å². The van der Waals surface area contributed by atoms with Gasteiger partial charge in [0.1, 0.15) is 0 Å². The third-order valence-corrected chi connectivity index (χ3v) is 9.85. The fourth-order valence-corrected chi connectivity index (χ4v) is 3.68. The maximum Gasteiger partial charge on any atom is 0.0571 e. The Kier molecular flexibility index (Phi) is 4.41. The molecule has 0 unspecified atom stereocenters. The van der Waals surface area contributed by atoms with Crippen molar-refractivity contribution in [1.29, 1.82) is 0 Å². The summed E-state index contributed by atoms with van der Waals surface area (Å²) in [6.07, 6.45) is 0. The van der Waals surface area contributed by atoms with Crippen LogP contribution in [0, 0.1) is 0 Å². The Labute approximate surface area is 110 Å². The van der Waals surface area contributed by atoms with Gasteiger partial charge in [0.15, 0.2) is 0 Å². The fraction of sp³-hybridized carbons (Fsp3) is 0.571. The minimum absolute atomic E-state index is 0.473. The van der Waals surface area contributed by atoms with Crippen LogP contribution in [-0.2, 0) is 11.4 Å². The molecule has 1 aromatic rings. The third kappa shape index (κ3) is 3.46. The molecule has 0 bridgehead atoms. The Morgan fingerprint density at radius 2 is 1.44 bits per heavy atom. The quantitative estimate of drug-likeness (QED) is 0.533. The van der Waals surface area contributed by atoms with Crippen LogP contribution in [0.25, 0.3) is 0 Å². The highest BCUT2D eigenvalue weighted by Crippen LogP contribution is 2.37. The molecule has 2 heteroatoms. The van der Waals surface area contributed by atoms with Gasteiger partial charge >= 0.3 is 0 Å². The molecule has 16 heavy (non-hydrogen) atoms. The maximum absolute atomic E-state index is 3.48. The van der Waals surface area contributed by atoms with Gasteiger partial charge in [-0.3, -0.25) is 0 Å². The van der Waals surface area contributed by atoms with Gasteiger partial charge in [-0.2, -0.15) is 0 Å². The van der Waals surface area contributed by atoms with E-state index in [0.29, 0.717) is 5.04 Å². The lowest BCUT2D eigenvalue weighted by atomic mass is 10.2. The Balaban J connectivity index is 2.80. The summed E-state index contributed by atoms with van der Waals surface area (Å²) in [5.41, 5.74) is 2.86. The van der Waals surface area contributed by atoms with E-state index in [0.717, 1.165) is 5.33 Å². The standard InChI is InChI=1S/C14H23BrSi/c1-14(2,3)16(4,5)11-13-8-6-12(10-15)7-9-13/h6-9H,10-11H2,1-5H3. The number of rotatable bonds is 3. The minimum atomic E-state index is -1.19. The van der Waals surface area contributed by atoms with Gasteiger partial charge in [0.2, 0.25) is 0 Å². The highest BCUT2D eigenvalue weighted by Gasteiger charge is 2.34. The molecule has 90 valence electrons. The molecular weight excluding hydrogens is 276 g/mol. The topological polar surface area (TPSA) is 0 Å². The van der Waals surface area contributed by atoms with Gasteiger partial charge in [-0.1, -0.05) is 79.6 Å². The van der Waals surface area contributed by atoms with E-state index in [4.69, 9.17) is 0 Å². The molecule has 0 saturated heterocycles. The smallest absolute Gasteiger partial charge is 0.0571 e. The largest absolute Gasteiger partial charge is 0.0876 e. The van der Waals surface area contributed by atoms with Crippen molar-refractivity contribution in [1.82, 2.24) is 0 Å². The van der Waals surface area contributed by atoms with Crippen molar-refractivity contribution >= 4 is 24.0 Å². The summed E-state index contributed by atoms with van der Waals surface area (Å²) in [6.45, 7) is 12.1. The van der Waals surface area contributed by atoms with Crippen molar-refractivity contribution in [3.63, 3.8) is 0 Å². The first-order chi connectivity index (χ1) is 7.26. The maximum atomic E-state index is 3.48. The van der Waals surface area contributed by atoms with Crippen LogP contribution in [-0.4, -0.2) is 8.07 Å². The molecule has 0 nitrogen and oxygen atoms in total. The van der Waals surface area contributed by atoms with Gasteiger partial charge in [0.25, 0.3) is 0 Å². The summed E-state index contributed by atoms with van der Waals surface area (Å²) in [7, 11) is -1.19. The molecule has 0 saturated carbocycles. The van der Waals surface area contributed by atoms with Crippen LogP contribution in [0.4, 0.5) is 0 Å². The SMILES string of the molecule is CC(C)(C)[Si](C)(C)Cc1ccc(CBr)cc1. The van der Waals surface area contributed by atoms with Crippen molar-refractivity contribution in [3.05, 3.63) is 35.4 Å². The molecule has 0 heterocycles. The third-order valence-electron chi connectivity index (χ3n) is 3.85. The van der Waals surface area contributed by atoms with Crippen molar-refractivity contribution in [3.8, 4) is 0 Å². The van der Waals surface area contributed by atoms with E-state index >= 15 is 0 Å². The average molecular weight is 299 g/mol. The molecule has 0 atom stereocenters. The summed E-state index contributed by atoms with van der Waals surface area (Å²) in [4.78, 5) is 0. The lowest BCUT2D eigenvalue weighted by Crippen LogP contribution is -2.39. The van der Waals surface area contributed by atoms with Gasteiger partial charge in [-0.25, -0.2) is 0 Å². The van der Waals surface area contributed by atoms with Crippen molar-refractivity contribution in [2.24, 2.45) is 0 Å². The molecule has 1 rings (SSSR count). The van der Waals surface area contributed by atoms with Crippen LogP contribution < -0.4 is 0 Å². The number of hydrogen-bond acceptors (Lipinski definition) is 0. The molecule has 0 amide bonds. The van der Waals surface area contributed by atoms with Crippen LogP contribution in [0.2, 0.25) is 18.1 Å². The summed E-state index contributed by atoms with van der Waals surface area (Å²) >= 11 is 3.48. The second-order valence-electron chi connectivity index (χ2n) is 6.26. The number of halogens is 1. The van der Waals surface area contributed by atoms with Gasteiger partial charge < -0.3 is 0 Å². The second-order valence-corrected chi connectivity index (χ2v) is 12.4. The van der Waals surface area contributed by atoms with Gasteiger partial charge in [0, 0.05) is 5.33 Å². The van der Waals surface area contributed by atoms with Crippen molar-refractivity contribution in [2.45, 2.75) is 50.3 Å². The number of alkyl halides is 1. The van der Waals surface area contributed by atoms with E-state index in [1.54, 1.807) is 0 Å². The average Bonchev–Trinajstić information content (AvgIpc) is 2.16. The Bertz CT molecular complexity index is 333. The van der Waals surface area contributed by atoms with E-state index in [-0.39, 0.29) is 0 Å². The van der Waals surface area contributed by atoms with Crippen LogP contribution >= 0.6 is 15.9 Å². The predicted octanol–water partition coefficient (Wildman–Crippen LogP) is 5.17. The first kappa shape index (κ1) is 14.0. The Morgan fingerprint density at radius 1 is 1.00 bits per heavy atom. The van der Waals surface area contributed by atoms with E-state index < -0.39 is 8.07 Å². The van der Waals surface area contributed by atoms with Crippen LogP contribution in [0.15, 0.2) is 24.3 Å². The molecule has 0 aliphatic heterocycles. The van der Waals surface area contributed by atoms with E-state index in [1.807, 2.05) is 0 Å². The van der Waals surface area contributed by atoms with Crippen LogP contribution in [0.1, 0.15) is 31.9 Å². The summed E-state index contributed by atoms with van der Waals surface area (Å²) in [5, 5.41) is 1.43. The highest BCUT2D eigenvalue weighted by molar-refractivity contribution is 9.08. The van der Waals surface area contributed by atoms with Crippen LogP contribution in [0.3, 0.4) is 0 Å². The molecule has 0 fully saturated rings. The van der Waals surface area contributed by atoms with Gasteiger partial charge in [-0.05, 0) is 16.6 Å². The molecule has 1 aromatic carbocycles. The minimum Gasteiger partial charge on any atom is -0.0876 e. The first-order valence-corrected chi connectivity index (χ1v) is 10.2. The lowest BCUT2D eigenvalue weighted by molar-refractivity contribution is 0.714. The molecule has 0 N–H and O–H groups in total. The Hall–Kier alpha value is -0.0831. The zero-order chi connectivity index (χ0) is 12.4. The second kappa shape index (κ2) is 5.05. The first-order valence-electron chi connectivity index (χ1n) is 5.90. The van der Waals surface area contributed by atoms with Crippen molar-refractivity contribution < 1.29 is 0 Å². The zero-order valence-corrected chi connectivity index (χ0v) is 13.7. The van der Waals surface area contributed by atoms with Crippen LogP contribution in [0.5, 0.6) is 0 Å². The summed E-state index contributed by atoms with van der Waals surface area (Å²) in [5.74, 6) is 0. The number of hydrogen-bond donors (Lipinski definition) is 0. The van der Waals surface area contributed by atoms with Gasteiger partial charge in [0.05, 0.1) is 8.07 Å². The zero-order valence-electron chi connectivity index (χ0n) is 11.1. The van der Waals surface area contributed by atoms with E-state index in [9.17, 15) is 0 Å². The normalized spacial score (nSPS) is 12.9. The fourth-order valence-electron chi connectivity index (χ4n) is 1.52. The number of benzene rings is 1.